The van der Waals surface area contributed by atoms with Gasteiger partial charge in [-0.05, 0) is 67.7 Å². The standard InChI is InChI=1S/C31H40Cl2N2O4/c1-20(2)18-35(30(37)14-22-9-10-27(32)28(33)13-22)24-16-29(39-21(3)36)26-19-34(4)12-11-31(26,17-24)23-7-6-8-25(15-23)38-5/h6-10,13,15,20,24,26,29H,11-12,14,16-19H2,1-5H3/t24-,26+,29?,31+/m1/s1. The third-order valence-electron chi connectivity index (χ3n) is 8.34. The molecule has 4 rings (SSSR count). The van der Waals surface area contributed by atoms with Crippen LogP contribution < -0.4 is 4.74 Å². The molecule has 1 heterocycles. The van der Waals surface area contributed by atoms with E-state index in [-0.39, 0.29) is 47.7 Å². The van der Waals surface area contributed by atoms with Crippen LogP contribution in [0.2, 0.25) is 10.0 Å². The van der Waals surface area contributed by atoms with Crippen LogP contribution in [0.15, 0.2) is 42.5 Å². The lowest BCUT2D eigenvalue weighted by Gasteiger charge is -2.56. The summed E-state index contributed by atoms with van der Waals surface area (Å²) in [6.07, 6.45) is 2.26. The molecule has 2 aromatic carbocycles. The first kappa shape index (κ1) is 29.7. The summed E-state index contributed by atoms with van der Waals surface area (Å²) >= 11 is 12.4. The van der Waals surface area contributed by atoms with Gasteiger partial charge >= 0.3 is 5.97 Å². The van der Waals surface area contributed by atoms with E-state index >= 15 is 0 Å². The third kappa shape index (κ3) is 6.72. The summed E-state index contributed by atoms with van der Waals surface area (Å²) in [5, 5.41) is 0.910. The summed E-state index contributed by atoms with van der Waals surface area (Å²) in [6, 6.07) is 13.5. The molecule has 39 heavy (non-hydrogen) atoms. The van der Waals surface area contributed by atoms with Crippen molar-refractivity contribution >= 4 is 35.1 Å². The summed E-state index contributed by atoms with van der Waals surface area (Å²) in [5.41, 5.74) is 1.75. The van der Waals surface area contributed by atoms with E-state index in [1.807, 2.05) is 23.1 Å². The van der Waals surface area contributed by atoms with Crippen molar-refractivity contribution in [3.8, 4) is 5.75 Å². The highest BCUT2D eigenvalue weighted by Crippen LogP contribution is 2.51. The Kier molecular flexibility index (Phi) is 9.51. The topological polar surface area (TPSA) is 59.1 Å². The minimum Gasteiger partial charge on any atom is -0.497 e. The van der Waals surface area contributed by atoms with Gasteiger partial charge in [0.25, 0.3) is 0 Å². The van der Waals surface area contributed by atoms with Gasteiger partial charge in [0.2, 0.25) is 5.91 Å². The molecular weight excluding hydrogens is 535 g/mol. The van der Waals surface area contributed by atoms with Crippen molar-refractivity contribution in [2.45, 2.75) is 64.0 Å². The second-order valence-electron chi connectivity index (χ2n) is 11.6. The van der Waals surface area contributed by atoms with Gasteiger partial charge in [-0.15, -0.1) is 0 Å². The van der Waals surface area contributed by atoms with Crippen molar-refractivity contribution in [2.24, 2.45) is 11.8 Å². The number of carbonyl (C=O) groups excluding carboxylic acids is 2. The zero-order valence-electron chi connectivity index (χ0n) is 23.6. The molecule has 1 saturated carbocycles. The Bertz CT molecular complexity index is 1190. The molecule has 0 aromatic heterocycles. The highest BCUT2D eigenvalue weighted by atomic mass is 35.5. The van der Waals surface area contributed by atoms with Crippen LogP contribution in [-0.4, -0.2) is 67.6 Å². The van der Waals surface area contributed by atoms with Crippen LogP contribution in [0.5, 0.6) is 5.75 Å². The minimum absolute atomic E-state index is 0.0424. The monoisotopic (exact) mass is 574 g/mol. The molecule has 1 amide bonds. The number of methoxy groups -OCH3 is 1. The molecule has 2 aromatic rings. The van der Waals surface area contributed by atoms with Crippen LogP contribution in [0.25, 0.3) is 0 Å². The van der Waals surface area contributed by atoms with Crippen molar-refractivity contribution in [1.82, 2.24) is 9.80 Å². The molecule has 0 spiro atoms. The first-order valence-corrected chi connectivity index (χ1v) is 14.5. The normalized spacial score (nSPS) is 25.2. The average molecular weight is 576 g/mol. The van der Waals surface area contributed by atoms with Crippen LogP contribution in [0, 0.1) is 11.8 Å². The van der Waals surface area contributed by atoms with Crippen molar-refractivity contribution in [2.75, 3.05) is 33.8 Å². The molecule has 1 saturated heterocycles. The molecule has 4 atom stereocenters. The van der Waals surface area contributed by atoms with Crippen LogP contribution in [-0.2, 0) is 26.2 Å². The van der Waals surface area contributed by atoms with Crippen molar-refractivity contribution in [3.05, 3.63) is 63.6 Å². The van der Waals surface area contributed by atoms with E-state index in [1.165, 1.54) is 12.5 Å². The van der Waals surface area contributed by atoms with Gasteiger partial charge in [-0.1, -0.05) is 55.2 Å². The molecule has 1 aliphatic carbocycles. The Labute approximate surface area is 242 Å². The van der Waals surface area contributed by atoms with E-state index in [0.717, 1.165) is 37.2 Å². The van der Waals surface area contributed by atoms with Crippen molar-refractivity contribution in [1.29, 1.82) is 0 Å². The Morgan fingerprint density at radius 2 is 1.92 bits per heavy atom. The molecule has 2 fully saturated rings. The number of nitrogens with zero attached hydrogens (tertiary/aromatic N) is 2. The van der Waals surface area contributed by atoms with Crippen molar-refractivity contribution in [3.63, 3.8) is 0 Å². The molecule has 2 aliphatic rings. The molecule has 6 nitrogen and oxygen atoms in total. The molecule has 0 radical (unpaired) electrons. The van der Waals surface area contributed by atoms with E-state index in [9.17, 15) is 9.59 Å². The van der Waals surface area contributed by atoms with Gasteiger partial charge in [-0.3, -0.25) is 9.59 Å². The summed E-state index contributed by atoms with van der Waals surface area (Å²) < 4.78 is 11.7. The van der Waals surface area contributed by atoms with E-state index in [1.54, 1.807) is 19.2 Å². The van der Waals surface area contributed by atoms with Crippen LogP contribution in [0.3, 0.4) is 0 Å². The van der Waals surface area contributed by atoms with Gasteiger partial charge < -0.3 is 19.3 Å². The third-order valence-corrected chi connectivity index (χ3v) is 9.07. The fourth-order valence-corrected chi connectivity index (χ4v) is 6.92. The largest absolute Gasteiger partial charge is 0.497 e. The summed E-state index contributed by atoms with van der Waals surface area (Å²) in [5.74, 6) is 0.944. The smallest absolute Gasteiger partial charge is 0.302 e. The second-order valence-corrected chi connectivity index (χ2v) is 12.4. The maximum atomic E-state index is 13.9. The number of rotatable bonds is 8. The van der Waals surface area contributed by atoms with E-state index in [4.69, 9.17) is 32.7 Å². The van der Waals surface area contributed by atoms with Crippen LogP contribution >= 0.6 is 23.2 Å². The SMILES string of the molecule is COc1cccc([C@@]23CCN(C)C[C@H]2C(OC(C)=O)C[C@@H](N(CC(C)C)C(=O)Cc2ccc(Cl)c(Cl)c2)C3)c1. The molecule has 0 bridgehead atoms. The second kappa shape index (κ2) is 12.5. The van der Waals surface area contributed by atoms with Gasteiger partial charge in [-0.25, -0.2) is 0 Å². The molecule has 1 aliphatic heterocycles. The molecule has 212 valence electrons. The minimum atomic E-state index is -0.303. The maximum Gasteiger partial charge on any atom is 0.302 e. The number of benzene rings is 2. The summed E-state index contributed by atoms with van der Waals surface area (Å²) in [4.78, 5) is 30.6. The zero-order valence-corrected chi connectivity index (χ0v) is 25.1. The number of amides is 1. The predicted octanol–water partition coefficient (Wildman–Crippen LogP) is 6.01. The van der Waals surface area contributed by atoms with Gasteiger partial charge in [0.1, 0.15) is 11.9 Å². The average Bonchev–Trinajstić information content (AvgIpc) is 2.89. The summed E-state index contributed by atoms with van der Waals surface area (Å²) in [7, 11) is 3.80. The van der Waals surface area contributed by atoms with E-state index in [2.05, 4.69) is 37.9 Å². The van der Waals surface area contributed by atoms with E-state index in [0.29, 0.717) is 23.0 Å². The zero-order chi connectivity index (χ0) is 28.3. The number of fused-ring (bicyclic) bond motifs is 1. The number of hydrogen-bond acceptors (Lipinski definition) is 5. The molecule has 1 unspecified atom stereocenters. The van der Waals surface area contributed by atoms with Crippen LogP contribution in [0.4, 0.5) is 0 Å². The number of halogens is 2. The lowest BCUT2D eigenvalue weighted by atomic mass is 9.56. The summed E-state index contributed by atoms with van der Waals surface area (Å²) in [6.45, 7) is 8.10. The van der Waals surface area contributed by atoms with E-state index < -0.39 is 0 Å². The lowest BCUT2D eigenvalue weighted by molar-refractivity contribution is -0.160. The van der Waals surface area contributed by atoms with Gasteiger partial charge in [0.15, 0.2) is 0 Å². The number of hydrogen-bond donors (Lipinski definition) is 0. The Morgan fingerprint density at radius 3 is 2.59 bits per heavy atom. The molecule has 0 N–H and O–H groups in total. The first-order chi connectivity index (χ1) is 18.5. The number of esters is 1. The Hall–Kier alpha value is -2.28. The number of piperidine rings is 1. The highest BCUT2D eigenvalue weighted by molar-refractivity contribution is 6.42. The Morgan fingerprint density at radius 1 is 1.15 bits per heavy atom. The quantitative estimate of drug-likeness (QED) is 0.361. The number of carbonyl (C=O) groups is 2. The lowest BCUT2D eigenvalue weighted by Crippen LogP contribution is -2.62. The highest BCUT2D eigenvalue weighted by Gasteiger charge is 2.54. The number of likely N-dealkylation sites (tertiary alicyclic amines) is 1. The van der Waals surface area contributed by atoms with Gasteiger partial charge in [0.05, 0.1) is 23.6 Å². The number of ether oxygens (including phenoxy) is 2. The fraction of sp³-hybridized carbons (Fsp3) is 0.548. The van der Waals surface area contributed by atoms with Gasteiger partial charge in [0, 0.05) is 43.8 Å². The Balaban J connectivity index is 1.75. The maximum absolute atomic E-state index is 13.9. The molecular formula is C31H40Cl2N2O4. The van der Waals surface area contributed by atoms with Crippen molar-refractivity contribution < 1.29 is 19.1 Å². The fourth-order valence-electron chi connectivity index (χ4n) is 6.60. The van der Waals surface area contributed by atoms with Crippen LogP contribution in [0.1, 0.15) is 51.2 Å². The first-order valence-electron chi connectivity index (χ1n) is 13.8. The van der Waals surface area contributed by atoms with Gasteiger partial charge in [-0.2, -0.15) is 0 Å². The predicted molar refractivity (Wildman–Crippen MR) is 156 cm³/mol. The molecule has 8 heteroatoms.